The largest absolute Gasteiger partial charge is 0.481 e. The molecule has 0 spiro atoms. The van der Waals surface area contributed by atoms with E-state index in [4.69, 9.17) is 5.11 Å². The minimum atomic E-state index is -0.796. The second-order valence-corrected chi connectivity index (χ2v) is 4.26. The highest BCUT2D eigenvalue weighted by Gasteiger charge is 2.42. The van der Waals surface area contributed by atoms with Crippen molar-refractivity contribution in [2.45, 2.75) is 31.7 Å². The highest BCUT2D eigenvalue weighted by Crippen LogP contribution is 2.33. The van der Waals surface area contributed by atoms with Crippen LogP contribution >= 0.6 is 0 Å². The van der Waals surface area contributed by atoms with Gasteiger partial charge in [-0.1, -0.05) is 0 Å². The Morgan fingerprint density at radius 3 is 3.07 bits per heavy atom. The lowest BCUT2D eigenvalue weighted by atomic mass is 9.78. The first-order valence-corrected chi connectivity index (χ1v) is 5.16. The molecule has 1 saturated heterocycles. The molecule has 2 aliphatic rings. The average Bonchev–Trinajstić information content (AvgIpc) is 2.49. The summed E-state index contributed by atoms with van der Waals surface area (Å²) in [5.41, 5.74) is 0. The van der Waals surface area contributed by atoms with Gasteiger partial charge in [0.25, 0.3) is 0 Å². The zero-order chi connectivity index (χ0) is 10.1. The molecule has 0 aromatic heterocycles. The summed E-state index contributed by atoms with van der Waals surface area (Å²) in [6.45, 7) is 0.688. The van der Waals surface area contributed by atoms with Gasteiger partial charge in [-0.2, -0.15) is 0 Å². The molecule has 2 N–H and O–H groups in total. The summed E-state index contributed by atoms with van der Waals surface area (Å²) in [5.74, 6) is -0.543. The molecular weight excluding hydrogens is 182 g/mol. The number of carboxylic acid groups (broad SMARTS) is 1. The van der Waals surface area contributed by atoms with E-state index in [-0.39, 0.29) is 30.1 Å². The van der Waals surface area contributed by atoms with E-state index >= 15 is 0 Å². The number of fused-ring (bicyclic) bond motifs is 1. The minimum absolute atomic E-state index is 0.0188. The zero-order valence-electron chi connectivity index (χ0n) is 8.03. The lowest BCUT2D eigenvalue weighted by Gasteiger charge is -2.26. The van der Waals surface area contributed by atoms with Crippen LogP contribution in [0.1, 0.15) is 25.7 Å². The molecule has 0 radical (unpaired) electrons. The van der Waals surface area contributed by atoms with E-state index in [1.807, 2.05) is 0 Å². The topological polar surface area (TPSA) is 66.4 Å². The van der Waals surface area contributed by atoms with Gasteiger partial charge >= 0.3 is 5.97 Å². The number of rotatable bonds is 2. The van der Waals surface area contributed by atoms with Crippen molar-refractivity contribution in [3.05, 3.63) is 0 Å². The summed E-state index contributed by atoms with van der Waals surface area (Å²) < 4.78 is 0. The summed E-state index contributed by atoms with van der Waals surface area (Å²) in [7, 11) is 0. The van der Waals surface area contributed by atoms with Crippen molar-refractivity contribution in [3.8, 4) is 0 Å². The fourth-order valence-corrected chi connectivity index (χ4v) is 2.74. The highest BCUT2D eigenvalue weighted by atomic mass is 16.4. The Hall–Kier alpha value is -0.900. The number of hydrogen-bond donors (Lipinski definition) is 2. The molecule has 0 aromatic carbocycles. The molecule has 2 fully saturated rings. The molecule has 1 aliphatic heterocycles. The summed E-state index contributed by atoms with van der Waals surface area (Å²) in [6.07, 6.45) is 2.73. The molecule has 0 bridgehead atoms. The van der Waals surface area contributed by atoms with Crippen molar-refractivity contribution < 1.29 is 14.7 Å². The molecular formula is C10H15NO3. The summed E-state index contributed by atoms with van der Waals surface area (Å²) in [4.78, 5) is 22.2. The Bertz CT molecular complexity index is 264. The fraction of sp³-hybridized carbons (Fsp3) is 0.800. The molecule has 4 nitrogen and oxygen atoms in total. The van der Waals surface area contributed by atoms with Crippen LogP contribution in [-0.4, -0.2) is 29.4 Å². The van der Waals surface area contributed by atoms with Gasteiger partial charge in [0.15, 0.2) is 0 Å². The monoisotopic (exact) mass is 197 g/mol. The van der Waals surface area contributed by atoms with Crippen molar-refractivity contribution in [2.75, 3.05) is 6.54 Å². The maximum Gasteiger partial charge on any atom is 0.303 e. The lowest BCUT2D eigenvalue weighted by Crippen LogP contribution is -2.36. The Kier molecular flexibility index (Phi) is 2.54. The highest BCUT2D eigenvalue weighted by molar-refractivity contribution is 5.84. The normalized spacial score (nSPS) is 36.9. The molecule has 4 heteroatoms. The maximum atomic E-state index is 11.6. The number of Topliss-reactive ketones (excluding diaryl/α,β-unsaturated/α-hetero) is 1. The van der Waals surface area contributed by atoms with E-state index in [1.54, 1.807) is 0 Å². The number of carbonyl (C=O) groups is 2. The van der Waals surface area contributed by atoms with Crippen LogP contribution in [0, 0.1) is 11.8 Å². The zero-order valence-corrected chi connectivity index (χ0v) is 8.03. The Labute approximate surface area is 82.7 Å². The molecule has 0 amide bonds. The molecule has 0 aromatic rings. The van der Waals surface area contributed by atoms with Crippen LogP contribution in [-0.2, 0) is 9.59 Å². The van der Waals surface area contributed by atoms with Crippen LogP contribution in [0.3, 0.4) is 0 Å². The molecule has 78 valence electrons. The third kappa shape index (κ3) is 1.66. The second kappa shape index (κ2) is 3.69. The van der Waals surface area contributed by atoms with Crippen LogP contribution in [0.2, 0.25) is 0 Å². The van der Waals surface area contributed by atoms with Gasteiger partial charge in [0.1, 0.15) is 5.78 Å². The predicted octanol–water partition coefficient (Wildman–Crippen LogP) is 0.418. The molecule has 3 unspecified atom stereocenters. The fourth-order valence-electron chi connectivity index (χ4n) is 2.74. The van der Waals surface area contributed by atoms with E-state index in [2.05, 4.69) is 5.32 Å². The van der Waals surface area contributed by atoms with Crippen molar-refractivity contribution in [1.82, 2.24) is 5.32 Å². The van der Waals surface area contributed by atoms with E-state index in [0.717, 1.165) is 12.8 Å². The first-order chi connectivity index (χ1) is 6.68. The van der Waals surface area contributed by atoms with Crippen molar-refractivity contribution in [3.63, 3.8) is 0 Å². The first kappa shape index (κ1) is 9.65. The molecule has 1 aliphatic carbocycles. The van der Waals surface area contributed by atoms with Gasteiger partial charge in [0.05, 0.1) is 6.42 Å². The van der Waals surface area contributed by atoms with Gasteiger partial charge in [0.2, 0.25) is 0 Å². The lowest BCUT2D eigenvalue weighted by molar-refractivity contribution is -0.138. The van der Waals surface area contributed by atoms with E-state index in [1.165, 1.54) is 0 Å². The van der Waals surface area contributed by atoms with Gasteiger partial charge in [-0.3, -0.25) is 9.59 Å². The van der Waals surface area contributed by atoms with Crippen molar-refractivity contribution >= 4 is 11.8 Å². The standard InChI is InChI=1S/C10H15NO3/c12-8-3-1-2-7-10(8)6(5-11-7)4-9(13)14/h6-7,10-11H,1-5H2,(H,13,14). The quantitative estimate of drug-likeness (QED) is 0.673. The van der Waals surface area contributed by atoms with Gasteiger partial charge in [0, 0.05) is 18.4 Å². The predicted molar refractivity (Wildman–Crippen MR) is 49.9 cm³/mol. The second-order valence-electron chi connectivity index (χ2n) is 4.26. The third-order valence-electron chi connectivity index (χ3n) is 3.33. The SMILES string of the molecule is O=C(O)CC1CNC2CCCC(=O)C12. The molecule has 14 heavy (non-hydrogen) atoms. The number of nitrogens with one attached hydrogen (secondary N) is 1. The molecule has 1 saturated carbocycles. The maximum absolute atomic E-state index is 11.6. The smallest absolute Gasteiger partial charge is 0.303 e. The van der Waals surface area contributed by atoms with Crippen LogP contribution in [0.5, 0.6) is 0 Å². The minimum Gasteiger partial charge on any atom is -0.481 e. The van der Waals surface area contributed by atoms with Crippen LogP contribution in [0.25, 0.3) is 0 Å². The number of ketones is 1. The van der Waals surface area contributed by atoms with E-state index < -0.39 is 5.97 Å². The third-order valence-corrected chi connectivity index (χ3v) is 3.33. The van der Waals surface area contributed by atoms with Gasteiger partial charge in [-0.25, -0.2) is 0 Å². The van der Waals surface area contributed by atoms with Gasteiger partial charge in [-0.15, -0.1) is 0 Å². The summed E-state index contributed by atoms with van der Waals surface area (Å²) in [5, 5.41) is 12.0. The molecule has 2 rings (SSSR count). The Morgan fingerprint density at radius 1 is 1.57 bits per heavy atom. The average molecular weight is 197 g/mol. The van der Waals surface area contributed by atoms with Crippen LogP contribution < -0.4 is 5.32 Å². The summed E-state index contributed by atoms with van der Waals surface area (Å²) in [6, 6.07) is 0.251. The Morgan fingerprint density at radius 2 is 2.36 bits per heavy atom. The number of aliphatic carboxylic acids is 1. The summed E-state index contributed by atoms with van der Waals surface area (Å²) >= 11 is 0. The number of carbonyl (C=O) groups excluding carboxylic acids is 1. The van der Waals surface area contributed by atoms with Crippen molar-refractivity contribution in [1.29, 1.82) is 0 Å². The van der Waals surface area contributed by atoms with Crippen LogP contribution in [0.4, 0.5) is 0 Å². The first-order valence-electron chi connectivity index (χ1n) is 5.16. The van der Waals surface area contributed by atoms with E-state index in [0.29, 0.717) is 13.0 Å². The number of hydrogen-bond acceptors (Lipinski definition) is 3. The number of carboxylic acids is 1. The Balaban J connectivity index is 2.06. The molecule has 1 heterocycles. The van der Waals surface area contributed by atoms with Crippen LogP contribution in [0.15, 0.2) is 0 Å². The van der Waals surface area contributed by atoms with Crippen molar-refractivity contribution in [2.24, 2.45) is 11.8 Å². The van der Waals surface area contributed by atoms with E-state index in [9.17, 15) is 9.59 Å². The molecule has 3 atom stereocenters. The van der Waals surface area contributed by atoms with Gasteiger partial charge < -0.3 is 10.4 Å². The van der Waals surface area contributed by atoms with Gasteiger partial charge in [-0.05, 0) is 25.3 Å².